The van der Waals surface area contributed by atoms with Gasteiger partial charge in [-0.15, -0.1) is 0 Å². The van der Waals surface area contributed by atoms with Crippen LogP contribution in [0, 0.1) is 6.92 Å². The molecule has 1 atom stereocenters. The molecular weight excluding hydrogens is 354 g/mol. The molecule has 1 aromatic heterocycles. The predicted molar refractivity (Wildman–Crippen MR) is 88.9 cm³/mol. The highest BCUT2D eigenvalue weighted by Crippen LogP contribution is 2.30. The van der Waals surface area contributed by atoms with Gasteiger partial charge in [0.15, 0.2) is 0 Å². The predicted octanol–water partition coefficient (Wildman–Crippen LogP) is 3.56. The third-order valence-corrected chi connectivity index (χ3v) is 4.45. The lowest BCUT2D eigenvalue weighted by atomic mass is 10.0. The molecule has 1 unspecified atom stereocenters. The first kappa shape index (κ1) is 16.5. The number of hydrogen-bond acceptors (Lipinski definition) is 3. The zero-order valence-corrected chi connectivity index (χ0v) is 14.7. The van der Waals surface area contributed by atoms with Crippen molar-refractivity contribution in [3.63, 3.8) is 0 Å². The number of hydrogen-bond donors (Lipinski definition) is 1. The van der Waals surface area contributed by atoms with Gasteiger partial charge in [-0.05, 0) is 47.1 Å². The first-order valence-electron chi connectivity index (χ1n) is 6.72. The van der Waals surface area contributed by atoms with Gasteiger partial charge in [-0.2, -0.15) is 5.10 Å². The maximum Gasteiger partial charge on any atom is 0.0757 e. The van der Waals surface area contributed by atoms with Crippen LogP contribution in [-0.4, -0.2) is 30.5 Å². The molecule has 1 aromatic carbocycles. The summed E-state index contributed by atoms with van der Waals surface area (Å²) in [4.78, 5) is 0. The lowest BCUT2D eigenvalue weighted by Crippen LogP contribution is -2.23. The van der Waals surface area contributed by atoms with E-state index in [4.69, 9.17) is 16.3 Å². The molecule has 6 heteroatoms. The highest BCUT2D eigenvalue weighted by Gasteiger charge is 2.20. The van der Waals surface area contributed by atoms with E-state index >= 15 is 0 Å². The molecule has 0 amide bonds. The van der Waals surface area contributed by atoms with Crippen LogP contribution in [0.5, 0.6) is 0 Å². The molecule has 0 fully saturated rings. The second kappa shape index (κ2) is 7.40. The quantitative estimate of drug-likeness (QED) is 0.842. The number of halogens is 2. The molecular formula is C15H19BrClN3O. The summed E-state index contributed by atoms with van der Waals surface area (Å²) in [7, 11) is 3.63. The molecule has 114 valence electrons. The van der Waals surface area contributed by atoms with Gasteiger partial charge in [0.1, 0.15) is 0 Å². The number of rotatable bonds is 6. The van der Waals surface area contributed by atoms with E-state index in [0.29, 0.717) is 13.2 Å². The number of aryl methyl sites for hydroxylation is 1. The van der Waals surface area contributed by atoms with Gasteiger partial charge in [-0.25, -0.2) is 0 Å². The average Bonchev–Trinajstić information content (AvgIpc) is 2.83. The van der Waals surface area contributed by atoms with Crippen molar-refractivity contribution in [2.45, 2.75) is 19.5 Å². The van der Waals surface area contributed by atoms with Crippen molar-refractivity contribution >= 4 is 27.5 Å². The SMILES string of the molecule is CNC(c1ccc(Cl)c(C)c1)c1c(Br)cnn1CCOC. The summed E-state index contributed by atoms with van der Waals surface area (Å²) in [6.07, 6.45) is 1.82. The molecule has 1 heterocycles. The van der Waals surface area contributed by atoms with Crippen molar-refractivity contribution in [3.8, 4) is 0 Å². The van der Waals surface area contributed by atoms with Crippen LogP contribution in [0.15, 0.2) is 28.9 Å². The summed E-state index contributed by atoms with van der Waals surface area (Å²) in [5.74, 6) is 0. The molecule has 0 aliphatic rings. The number of ether oxygens (including phenoxy) is 1. The van der Waals surface area contributed by atoms with Crippen LogP contribution in [0.4, 0.5) is 0 Å². The highest BCUT2D eigenvalue weighted by atomic mass is 79.9. The minimum absolute atomic E-state index is 0.0368. The van der Waals surface area contributed by atoms with E-state index in [0.717, 1.165) is 26.3 Å². The van der Waals surface area contributed by atoms with Gasteiger partial charge in [0, 0.05) is 12.1 Å². The van der Waals surface area contributed by atoms with Gasteiger partial charge in [0.25, 0.3) is 0 Å². The third-order valence-electron chi connectivity index (χ3n) is 3.42. The summed E-state index contributed by atoms with van der Waals surface area (Å²) in [5.41, 5.74) is 3.30. The van der Waals surface area contributed by atoms with E-state index in [1.165, 1.54) is 0 Å². The van der Waals surface area contributed by atoms with Crippen LogP contribution in [-0.2, 0) is 11.3 Å². The maximum absolute atomic E-state index is 6.12. The Morgan fingerprint density at radius 1 is 1.48 bits per heavy atom. The smallest absolute Gasteiger partial charge is 0.0757 e. The summed E-state index contributed by atoms with van der Waals surface area (Å²) < 4.78 is 8.08. The number of aromatic nitrogens is 2. The van der Waals surface area contributed by atoms with Crippen LogP contribution in [0.25, 0.3) is 0 Å². The Kier molecular flexibility index (Phi) is 5.81. The second-order valence-corrected chi connectivity index (χ2v) is 6.09. The zero-order valence-electron chi connectivity index (χ0n) is 12.4. The normalized spacial score (nSPS) is 12.6. The lowest BCUT2D eigenvalue weighted by molar-refractivity contribution is 0.182. The van der Waals surface area contributed by atoms with Crippen molar-refractivity contribution in [2.75, 3.05) is 20.8 Å². The fourth-order valence-electron chi connectivity index (χ4n) is 2.32. The average molecular weight is 373 g/mol. The minimum Gasteiger partial charge on any atom is -0.383 e. The van der Waals surface area contributed by atoms with Crippen LogP contribution in [0.2, 0.25) is 5.02 Å². The summed E-state index contributed by atoms with van der Waals surface area (Å²) in [5, 5.41) is 8.54. The van der Waals surface area contributed by atoms with Crippen molar-refractivity contribution in [1.82, 2.24) is 15.1 Å². The van der Waals surface area contributed by atoms with E-state index in [2.05, 4.69) is 32.4 Å². The van der Waals surface area contributed by atoms with Gasteiger partial charge in [-0.1, -0.05) is 23.7 Å². The van der Waals surface area contributed by atoms with Gasteiger partial charge in [0.05, 0.1) is 35.6 Å². The van der Waals surface area contributed by atoms with Gasteiger partial charge < -0.3 is 10.1 Å². The topological polar surface area (TPSA) is 39.1 Å². The molecule has 2 rings (SSSR count). The Morgan fingerprint density at radius 2 is 2.24 bits per heavy atom. The van der Waals surface area contributed by atoms with Crippen molar-refractivity contribution in [2.24, 2.45) is 0 Å². The fraction of sp³-hybridized carbons (Fsp3) is 0.400. The Labute approximate surface area is 138 Å². The third kappa shape index (κ3) is 3.66. The number of methoxy groups -OCH3 is 1. The molecule has 1 N–H and O–H groups in total. The van der Waals surface area contributed by atoms with Gasteiger partial charge in [0.2, 0.25) is 0 Å². The Hall–Kier alpha value is -0.880. The number of benzene rings is 1. The molecule has 0 aliphatic heterocycles. The minimum atomic E-state index is 0.0368. The second-order valence-electron chi connectivity index (χ2n) is 4.82. The molecule has 0 bridgehead atoms. The molecule has 0 saturated carbocycles. The summed E-state index contributed by atoms with van der Waals surface area (Å²) in [6.45, 7) is 3.34. The van der Waals surface area contributed by atoms with Crippen LogP contribution in [0.3, 0.4) is 0 Å². The highest BCUT2D eigenvalue weighted by molar-refractivity contribution is 9.10. The zero-order chi connectivity index (χ0) is 15.4. The number of nitrogens with zero attached hydrogens (tertiary/aromatic N) is 2. The Bertz CT molecular complexity index is 615. The molecule has 4 nitrogen and oxygen atoms in total. The largest absolute Gasteiger partial charge is 0.383 e. The molecule has 0 spiro atoms. The standard InChI is InChI=1S/C15H19BrClN3O/c1-10-8-11(4-5-13(10)17)14(18-2)15-12(16)9-19-20(15)6-7-21-3/h4-5,8-9,14,18H,6-7H2,1-3H3. The summed E-state index contributed by atoms with van der Waals surface area (Å²) in [6, 6.07) is 6.11. The maximum atomic E-state index is 6.12. The van der Waals surface area contributed by atoms with Gasteiger partial charge >= 0.3 is 0 Å². The Morgan fingerprint density at radius 3 is 2.86 bits per heavy atom. The van der Waals surface area contributed by atoms with Crippen molar-refractivity contribution in [3.05, 3.63) is 50.7 Å². The van der Waals surface area contributed by atoms with E-state index < -0.39 is 0 Å². The first-order valence-corrected chi connectivity index (χ1v) is 7.89. The first-order chi connectivity index (χ1) is 10.1. The lowest BCUT2D eigenvalue weighted by Gasteiger charge is -2.20. The molecule has 0 saturated heterocycles. The monoisotopic (exact) mass is 371 g/mol. The molecule has 0 radical (unpaired) electrons. The van der Waals surface area contributed by atoms with Crippen LogP contribution < -0.4 is 5.32 Å². The van der Waals surface area contributed by atoms with E-state index in [1.807, 2.05) is 37.0 Å². The Balaban J connectivity index is 2.40. The molecule has 21 heavy (non-hydrogen) atoms. The van der Waals surface area contributed by atoms with Crippen molar-refractivity contribution < 1.29 is 4.74 Å². The molecule has 0 aliphatic carbocycles. The molecule has 2 aromatic rings. The van der Waals surface area contributed by atoms with Crippen LogP contribution >= 0.6 is 27.5 Å². The van der Waals surface area contributed by atoms with E-state index in [9.17, 15) is 0 Å². The van der Waals surface area contributed by atoms with Crippen LogP contribution in [0.1, 0.15) is 22.9 Å². The van der Waals surface area contributed by atoms with Crippen molar-refractivity contribution in [1.29, 1.82) is 0 Å². The summed E-state index contributed by atoms with van der Waals surface area (Å²) >= 11 is 9.71. The number of nitrogens with one attached hydrogen (secondary N) is 1. The van der Waals surface area contributed by atoms with Gasteiger partial charge in [-0.3, -0.25) is 4.68 Å². The van der Waals surface area contributed by atoms with E-state index in [-0.39, 0.29) is 6.04 Å². The fourth-order valence-corrected chi connectivity index (χ4v) is 2.97. The van der Waals surface area contributed by atoms with E-state index in [1.54, 1.807) is 7.11 Å².